The molecule has 2 aromatic heterocycles. The highest BCUT2D eigenvalue weighted by atomic mass is 35.5. The number of nitrogens with zero attached hydrogens (tertiary/aromatic N) is 3. The first-order valence-corrected chi connectivity index (χ1v) is 10.6. The summed E-state index contributed by atoms with van der Waals surface area (Å²) < 4.78 is 5.94. The number of aromatic nitrogens is 3. The van der Waals surface area contributed by atoms with Crippen molar-refractivity contribution < 1.29 is 14.3 Å². The number of carbonyl (C=O) groups is 2. The van der Waals surface area contributed by atoms with Gasteiger partial charge >= 0.3 is 5.97 Å². The number of thiazole rings is 1. The molecular formula is C19H20ClN5O3S. The van der Waals surface area contributed by atoms with Crippen LogP contribution in [-0.2, 0) is 11.2 Å². The number of H-pyrrole nitrogens is 1. The SMILES string of the molecule is CCOC(=O)c1cccc2nc(N3CC(NC(=O)c4nc(Cl)c(CC)[nH]4)C3)sc12. The highest BCUT2D eigenvalue weighted by Crippen LogP contribution is 2.33. The first kappa shape index (κ1) is 19.7. The summed E-state index contributed by atoms with van der Waals surface area (Å²) in [5.41, 5.74) is 2.04. The number of halogens is 1. The van der Waals surface area contributed by atoms with Gasteiger partial charge < -0.3 is 19.9 Å². The standard InChI is InChI=1S/C19H20ClN5O3S/c1-3-12-15(20)24-16(22-12)17(26)21-10-8-25(9-10)19-23-13-7-5-6-11(14(13)29-19)18(27)28-4-2/h5-7,10H,3-4,8-9H2,1-2H3,(H,21,26)(H,22,24). The molecule has 10 heteroatoms. The molecule has 1 amide bonds. The van der Waals surface area contributed by atoms with Crippen molar-refractivity contribution >= 4 is 50.2 Å². The molecule has 1 aliphatic rings. The van der Waals surface area contributed by atoms with Crippen LogP contribution in [-0.4, -0.2) is 52.6 Å². The van der Waals surface area contributed by atoms with Crippen LogP contribution in [0.15, 0.2) is 18.2 Å². The fourth-order valence-corrected chi connectivity index (χ4v) is 4.50. The van der Waals surface area contributed by atoms with E-state index in [9.17, 15) is 9.59 Å². The normalized spacial score (nSPS) is 14.1. The van der Waals surface area contributed by atoms with E-state index >= 15 is 0 Å². The van der Waals surface area contributed by atoms with Gasteiger partial charge in [0.25, 0.3) is 5.91 Å². The minimum Gasteiger partial charge on any atom is -0.462 e. The first-order chi connectivity index (χ1) is 14.0. The van der Waals surface area contributed by atoms with Crippen LogP contribution in [0.1, 0.15) is 40.5 Å². The summed E-state index contributed by atoms with van der Waals surface area (Å²) in [4.78, 5) is 38.2. The number of amides is 1. The maximum atomic E-state index is 12.3. The lowest BCUT2D eigenvalue weighted by molar-refractivity contribution is 0.0528. The van der Waals surface area contributed by atoms with Gasteiger partial charge in [-0.15, -0.1) is 0 Å². The third-order valence-corrected chi connectivity index (χ3v) is 6.16. The maximum Gasteiger partial charge on any atom is 0.339 e. The van der Waals surface area contributed by atoms with Crippen LogP contribution in [0.4, 0.5) is 5.13 Å². The Morgan fingerprint density at radius 2 is 2.14 bits per heavy atom. The van der Waals surface area contributed by atoms with Gasteiger partial charge in [-0.3, -0.25) is 4.79 Å². The zero-order valence-electron chi connectivity index (χ0n) is 16.0. The third kappa shape index (κ3) is 3.79. The number of aromatic amines is 1. The molecule has 1 fully saturated rings. The Morgan fingerprint density at radius 1 is 1.34 bits per heavy atom. The van der Waals surface area contributed by atoms with E-state index in [1.54, 1.807) is 19.1 Å². The molecule has 3 aromatic rings. The second-order valence-electron chi connectivity index (χ2n) is 6.65. The predicted molar refractivity (Wildman–Crippen MR) is 112 cm³/mol. The van der Waals surface area contributed by atoms with Crippen molar-refractivity contribution in [2.45, 2.75) is 26.3 Å². The summed E-state index contributed by atoms with van der Waals surface area (Å²) in [6, 6.07) is 5.42. The van der Waals surface area contributed by atoms with Crippen molar-refractivity contribution in [3.63, 3.8) is 0 Å². The topological polar surface area (TPSA) is 100 Å². The summed E-state index contributed by atoms with van der Waals surface area (Å²) in [5, 5.41) is 4.10. The van der Waals surface area contributed by atoms with E-state index in [4.69, 9.17) is 16.3 Å². The Hall–Kier alpha value is -2.65. The molecular weight excluding hydrogens is 414 g/mol. The molecule has 1 aromatic carbocycles. The van der Waals surface area contributed by atoms with Crippen LogP contribution in [0, 0.1) is 0 Å². The Labute approximate surface area is 176 Å². The average Bonchev–Trinajstić information content (AvgIpc) is 3.26. The van der Waals surface area contributed by atoms with Gasteiger partial charge in [0.2, 0.25) is 0 Å². The van der Waals surface area contributed by atoms with Crippen LogP contribution >= 0.6 is 22.9 Å². The van der Waals surface area contributed by atoms with E-state index in [2.05, 4.69) is 25.2 Å². The Balaban J connectivity index is 1.42. The van der Waals surface area contributed by atoms with Gasteiger partial charge in [-0.25, -0.2) is 14.8 Å². The Kier molecular flexibility index (Phi) is 5.42. The number of carbonyl (C=O) groups excluding carboxylic acids is 2. The highest BCUT2D eigenvalue weighted by molar-refractivity contribution is 7.22. The first-order valence-electron chi connectivity index (χ1n) is 9.37. The number of benzene rings is 1. The van der Waals surface area contributed by atoms with Crippen LogP contribution in [0.3, 0.4) is 0 Å². The number of anilines is 1. The molecule has 8 nitrogen and oxygen atoms in total. The molecule has 1 saturated heterocycles. The maximum absolute atomic E-state index is 12.3. The number of nitrogens with one attached hydrogen (secondary N) is 2. The summed E-state index contributed by atoms with van der Waals surface area (Å²) >= 11 is 7.45. The fourth-order valence-electron chi connectivity index (χ4n) is 3.15. The monoisotopic (exact) mass is 433 g/mol. The van der Waals surface area contributed by atoms with Crippen molar-refractivity contribution in [3.05, 3.63) is 40.4 Å². The number of imidazole rings is 1. The highest BCUT2D eigenvalue weighted by Gasteiger charge is 2.31. The fraction of sp³-hybridized carbons (Fsp3) is 0.368. The minimum atomic E-state index is -0.342. The van der Waals surface area contributed by atoms with Crippen LogP contribution in [0.25, 0.3) is 10.2 Å². The van der Waals surface area contributed by atoms with E-state index in [0.717, 1.165) is 21.0 Å². The van der Waals surface area contributed by atoms with E-state index in [1.807, 2.05) is 13.0 Å². The summed E-state index contributed by atoms with van der Waals surface area (Å²) in [6.45, 7) is 5.32. The second kappa shape index (κ2) is 8.00. The van der Waals surface area contributed by atoms with Crippen molar-refractivity contribution in [1.29, 1.82) is 0 Å². The average molecular weight is 434 g/mol. The quantitative estimate of drug-likeness (QED) is 0.579. The molecule has 0 aliphatic carbocycles. The summed E-state index contributed by atoms with van der Waals surface area (Å²) in [5.74, 6) is -0.389. The molecule has 0 saturated carbocycles. The summed E-state index contributed by atoms with van der Waals surface area (Å²) in [7, 11) is 0. The molecule has 1 aliphatic heterocycles. The largest absolute Gasteiger partial charge is 0.462 e. The molecule has 4 rings (SSSR count). The number of hydrogen-bond acceptors (Lipinski definition) is 7. The van der Waals surface area contributed by atoms with E-state index in [0.29, 0.717) is 36.8 Å². The van der Waals surface area contributed by atoms with Crippen molar-refractivity contribution in [3.8, 4) is 0 Å². The third-order valence-electron chi connectivity index (χ3n) is 4.68. The van der Waals surface area contributed by atoms with Crippen LogP contribution < -0.4 is 10.2 Å². The number of aryl methyl sites for hydroxylation is 1. The van der Waals surface area contributed by atoms with Crippen molar-refractivity contribution in [2.75, 3.05) is 24.6 Å². The van der Waals surface area contributed by atoms with E-state index in [-0.39, 0.29) is 23.7 Å². The predicted octanol–water partition coefficient (Wildman–Crippen LogP) is 3.03. The van der Waals surface area contributed by atoms with Crippen LogP contribution in [0.5, 0.6) is 0 Å². The smallest absolute Gasteiger partial charge is 0.339 e. The van der Waals surface area contributed by atoms with Crippen molar-refractivity contribution in [2.24, 2.45) is 0 Å². The molecule has 0 bridgehead atoms. The Morgan fingerprint density at radius 3 is 2.83 bits per heavy atom. The van der Waals surface area contributed by atoms with Gasteiger partial charge in [-0.1, -0.05) is 35.9 Å². The van der Waals surface area contributed by atoms with Crippen molar-refractivity contribution in [1.82, 2.24) is 20.3 Å². The number of fused-ring (bicyclic) bond motifs is 1. The lowest BCUT2D eigenvalue weighted by Gasteiger charge is -2.39. The Bertz CT molecular complexity index is 1070. The number of ether oxygens (including phenoxy) is 1. The van der Waals surface area contributed by atoms with E-state index in [1.165, 1.54) is 11.3 Å². The van der Waals surface area contributed by atoms with Gasteiger partial charge in [-0.2, -0.15) is 0 Å². The molecule has 2 N–H and O–H groups in total. The molecule has 0 unspecified atom stereocenters. The zero-order chi connectivity index (χ0) is 20.5. The van der Waals surface area contributed by atoms with Gasteiger partial charge in [0.15, 0.2) is 16.1 Å². The van der Waals surface area contributed by atoms with Gasteiger partial charge in [-0.05, 0) is 25.5 Å². The van der Waals surface area contributed by atoms with Gasteiger partial charge in [0.05, 0.1) is 34.1 Å². The summed E-state index contributed by atoms with van der Waals surface area (Å²) in [6.07, 6.45) is 0.682. The lowest BCUT2D eigenvalue weighted by atomic mass is 10.1. The number of rotatable bonds is 6. The van der Waals surface area contributed by atoms with Gasteiger partial charge in [0, 0.05) is 13.1 Å². The molecule has 3 heterocycles. The lowest BCUT2D eigenvalue weighted by Crippen LogP contribution is -2.59. The zero-order valence-corrected chi connectivity index (χ0v) is 17.6. The van der Waals surface area contributed by atoms with E-state index < -0.39 is 0 Å². The minimum absolute atomic E-state index is 0.00649. The second-order valence-corrected chi connectivity index (χ2v) is 7.99. The number of hydrogen-bond donors (Lipinski definition) is 2. The molecule has 0 radical (unpaired) electrons. The molecule has 29 heavy (non-hydrogen) atoms. The van der Waals surface area contributed by atoms with Crippen LogP contribution in [0.2, 0.25) is 5.15 Å². The van der Waals surface area contributed by atoms with Gasteiger partial charge in [0.1, 0.15) is 0 Å². The molecule has 0 spiro atoms. The molecule has 0 atom stereocenters. The molecule has 152 valence electrons. The number of esters is 1.